The molecule has 0 aliphatic heterocycles. The van der Waals surface area contributed by atoms with Gasteiger partial charge in [0.15, 0.2) is 4.34 Å². The molecule has 1 aromatic carbocycles. The van der Waals surface area contributed by atoms with Gasteiger partial charge in [-0.25, -0.2) is 4.98 Å². The summed E-state index contributed by atoms with van der Waals surface area (Å²) in [5.41, 5.74) is 1.16. The number of halogens is 1. The number of nitrogens with zero attached hydrogens (tertiary/aromatic N) is 2. The highest BCUT2D eigenvalue weighted by atomic mass is 35.5. The fraction of sp³-hybridized carbons (Fsp3) is 0.333. The molecule has 2 aromatic rings. The Kier molecular flexibility index (Phi) is 6.06. The SMILES string of the molecule is COCCNCc1cc(Cl)ccc1Sc1ncns1. The molecule has 0 amide bonds. The summed E-state index contributed by atoms with van der Waals surface area (Å²) in [6.45, 7) is 2.26. The van der Waals surface area contributed by atoms with Gasteiger partial charge >= 0.3 is 0 Å². The predicted octanol–water partition coefficient (Wildman–Crippen LogP) is 3.08. The van der Waals surface area contributed by atoms with Crippen LogP contribution in [0.1, 0.15) is 5.56 Å². The lowest BCUT2D eigenvalue weighted by atomic mass is 10.2. The van der Waals surface area contributed by atoms with E-state index in [0.29, 0.717) is 6.61 Å². The maximum absolute atomic E-state index is 6.05. The lowest BCUT2D eigenvalue weighted by Crippen LogP contribution is -2.18. The molecule has 0 radical (unpaired) electrons. The first-order chi connectivity index (χ1) is 9.29. The van der Waals surface area contributed by atoms with Crippen LogP contribution in [0.25, 0.3) is 0 Å². The fourth-order valence-electron chi connectivity index (χ4n) is 1.49. The average Bonchev–Trinajstić information content (AvgIpc) is 2.90. The van der Waals surface area contributed by atoms with Crippen LogP contribution < -0.4 is 5.32 Å². The summed E-state index contributed by atoms with van der Waals surface area (Å²) >= 11 is 9.05. The first kappa shape index (κ1) is 14.7. The van der Waals surface area contributed by atoms with Crippen LogP contribution in [0.4, 0.5) is 0 Å². The molecule has 0 saturated carbocycles. The van der Waals surface area contributed by atoms with E-state index < -0.39 is 0 Å². The van der Waals surface area contributed by atoms with E-state index in [2.05, 4.69) is 14.7 Å². The lowest BCUT2D eigenvalue weighted by molar-refractivity contribution is 0.199. The van der Waals surface area contributed by atoms with Gasteiger partial charge in [-0.3, -0.25) is 0 Å². The highest BCUT2D eigenvalue weighted by Gasteiger charge is 2.07. The molecule has 0 aliphatic rings. The van der Waals surface area contributed by atoms with E-state index >= 15 is 0 Å². The van der Waals surface area contributed by atoms with Gasteiger partial charge in [0.1, 0.15) is 6.33 Å². The maximum atomic E-state index is 6.05. The Hall–Kier alpha value is -0.660. The normalized spacial score (nSPS) is 10.8. The Morgan fingerprint density at radius 3 is 3.11 bits per heavy atom. The van der Waals surface area contributed by atoms with E-state index in [-0.39, 0.29) is 0 Å². The number of benzene rings is 1. The predicted molar refractivity (Wildman–Crippen MR) is 79.1 cm³/mol. The topological polar surface area (TPSA) is 47.0 Å². The number of hydrogen-bond acceptors (Lipinski definition) is 6. The van der Waals surface area contributed by atoms with Crippen molar-refractivity contribution in [2.24, 2.45) is 0 Å². The van der Waals surface area contributed by atoms with Crippen molar-refractivity contribution in [3.05, 3.63) is 35.1 Å². The van der Waals surface area contributed by atoms with Crippen LogP contribution in [0, 0.1) is 0 Å². The van der Waals surface area contributed by atoms with Crippen molar-refractivity contribution in [3.63, 3.8) is 0 Å². The molecule has 4 nitrogen and oxygen atoms in total. The Labute approximate surface area is 125 Å². The number of ether oxygens (including phenoxy) is 1. The molecule has 1 N–H and O–H groups in total. The van der Waals surface area contributed by atoms with Crippen molar-refractivity contribution in [1.82, 2.24) is 14.7 Å². The van der Waals surface area contributed by atoms with E-state index in [4.69, 9.17) is 16.3 Å². The standard InChI is InChI=1S/C12H14ClN3OS2/c1-17-5-4-14-7-9-6-10(13)2-3-11(9)18-12-15-8-16-19-12/h2-3,6,8,14H,4-5,7H2,1H3. The fourth-order valence-corrected chi connectivity index (χ4v) is 3.19. The van der Waals surface area contributed by atoms with Crippen LogP contribution in [0.15, 0.2) is 33.8 Å². The zero-order chi connectivity index (χ0) is 13.5. The van der Waals surface area contributed by atoms with Gasteiger partial charge in [-0.1, -0.05) is 23.4 Å². The van der Waals surface area contributed by atoms with Gasteiger partial charge < -0.3 is 10.1 Å². The minimum absolute atomic E-state index is 0.694. The first-order valence-electron chi connectivity index (χ1n) is 5.72. The Balaban J connectivity index is 2.04. The molecule has 0 bridgehead atoms. The van der Waals surface area contributed by atoms with Gasteiger partial charge in [0.05, 0.1) is 6.61 Å². The van der Waals surface area contributed by atoms with Crippen LogP contribution in [0.5, 0.6) is 0 Å². The maximum Gasteiger partial charge on any atom is 0.174 e. The van der Waals surface area contributed by atoms with Gasteiger partial charge in [-0.05, 0) is 35.3 Å². The van der Waals surface area contributed by atoms with E-state index in [1.807, 2.05) is 18.2 Å². The van der Waals surface area contributed by atoms with Crippen LogP contribution in [-0.2, 0) is 11.3 Å². The van der Waals surface area contributed by atoms with Gasteiger partial charge in [-0.15, -0.1) is 0 Å². The average molecular weight is 316 g/mol. The van der Waals surface area contributed by atoms with E-state index in [9.17, 15) is 0 Å². The molecule has 0 aliphatic carbocycles. The molecule has 0 saturated heterocycles. The van der Waals surface area contributed by atoms with Crippen molar-refractivity contribution < 1.29 is 4.74 Å². The lowest BCUT2D eigenvalue weighted by Gasteiger charge is -2.09. The second-order valence-corrected chi connectivity index (χ2v) is 6.24. The Bertz CT molecular complexity index is 508. The molecule has 0 atom stereocenters. The van der Waals surface area contributed by atoms with Crippen molar-refractivity contribution in [3.8, 4) is 0 Å². The summed E-state index contributed by atoms with van der Waals surface area (Å²) in [5, 5.41) is 4.06. The van der Waals surface area contributed by atoms with Crippen molar-refractivity contribution >= 4 is 34.9 Å². The third kappa shape index (κ3) is 4.74. The van der Waals surface area contributed by atoms with Crippen molar-refractivity contribution in [1.29, 1.82) is 0 Å². The molecule has 7 heteroatoms. The smallest absolute Gasteiger partial charge is 0.174 e. The van der Waals surface area contributed by atoms with Gasteiger partial charge in [0.2, 0.25) is 0 Å². The zero-order valence-electron chi connectivity index (χ0n) is 10.4. The molecule has 0 fully saturated rings. The zero-order valence-corrected chi connectivity index (χ0v) is 12.8. The highest BCUT2D eigenvalue weighted by Crippen LogP contribution is 2.32. The molecule has 0 spiro atoms. The molecule has 0 unspecified atom stereocenters. The van der Waals surface area contributed by atoms with Crippen LogP contribution in [0.3, 0.4) is 0 Å². The minimum Gasteiger partial charge on any atom is -0.383 e. The van der Waals surface area contributed by atoms with Crippen molar-refractivity contribution in [2.45, 2.75) is 15.8 Å². The van der Waals surface area contributed by atoms with Gasteiger partial charge in [0.25, 0.3) is 0 Å². The van der Waals surface area contributed by atoms with Crippen molar-refractivity contribution in [2.75, 3.05) is 20.3 Å². The third-order valence-corrected chi connectivity index (χ3v) is 4.43. The highest BCUT2D eigenvalue weighted by molar-refractivity contribution is 8.01. The van der Waals surface area contributed by atoms with Crippen LogP contribution >= 0.6 is 34.9 Å². The molecular formula is C12H14ClN3OS2. The summed E-state index contributed by atoms with van der Waals surface area (Å²) in [7, 11) is 1.69. The molecule has 1 aromatic heterocycles. The number of hydrogen-bond donors (Lipinski definition) is 1. The number of nitrogens with one attached hydrogen (secondary N) is 1. The van der Waals surface area contributed by atoms with E-state index in [1.165, 1.54) is 11.5 Å². The summed E-state index contributed by atoms with van der Waals surface area (Å²) in [6.07, 6.45) is 1.57. The van der Waals surface area contributed by atoms with Gasteiger partial charge in [-0.2, -0.15) is 4.37 Å². The Morgan fingerprint density at radius 2 is 2.37 bits per heavy atom. The monoisotopic (exact) mass is 315 g/mol. The Morgan fingerprint density at radius 1 is 1.47 bits per heavy atom. The first-order valence-corrected chi connectivity index (χ1v) is 7.69. The van der Waals surface area contributed by atoms with Crippen LogP contribution in [0.2, 0.25) is 5.02 Å². The quantitative estimate of drug-likeness (QED) is 0.796. The van der Waals surface area contributed by atoms with Gasteiger partial charge in [0, 0.05) is 30.1 Å². The largest absolute Gasteiger partial charge is 0.383 e. The summed E-state index contributed by atoms with van der Waals surface area (Å²) in [5.74, 6) is 0. The second-order valence-electron chi connectivity index (χ2n) is 3.73. The molecule has 2 rings (SSSR count). The molecular weight excluding hydrogens is 302 g/mol. The molecule has 102 valence electrons. The number of aromatic nitrogens is 2. The second kappa shape index (κ2) is 7.81. The van der Waals surface area contributed by atoms with E-state index in [1.54, 1.807) is 25.2 Å². The number of methoxy groups -OCH3 is 1. The third-order valence-electron chi connectivity index (χ3n) is 2.36. The molecule has 19 heavy (non-hydrogen) atoms. The van der Waals surface area contributed by atoms with Crippen LogP contribution in [-0.4, -0.2) is 29.6 Å². The summed E-state index contributed by atoms with van der Waals surface area (Å²) in [4.78, 5) is 5.33. The number of rotatable bonds is 7. The van der Waals surface area contributed by atoms with E-state index in [0.717, 1.165) is 32.9 Å². The summed E-state index contributed by atoms with van der Waals surface area (Å²) in [6, 6.07) is 5.88. The molecule has 1 heterocycles. The summed E-state index contributed by atoms with van der Waals surface area (Å²) < 4.78 is 9.94. The minimum atomic E-state index is 0.694.